The van der Waals surface area contributed by atoms with Crippen molar-refractivity contribution in [3.63, 3.8) is 0 Å². The molecule has 0 bridgehead atoms. The van der Waals surface area contributed by atoms with Gasteiger partial charge in [0, 0.05) is 30.8 Å². The Morgan fingerprint density at radius 2 is 1.96 bits per heavy atom. The largest absolute Gasteiger partial charge is 0.341 e. The number of rotatable bonds is 3. The van der Waals surface area contributed by atoms with Crippen molar-refractivity contribution in [2.45, 2.75) is 19.8 Å². The first-order valence-electron chi connectivity index (χ1n) is 8.10. The number of benzene rings is 1. The fraction of sp³-hybridized carbons (Fsp3) is 0.353. The van der Waals surface area contributed by atoms with Crippen LogP contribution in [0, 0.1) is 6.92 Å². The van der Waals surface area contributed by atoms with Crippen LogP contribution in [0.25, 0.3) is 11.0 Å². The minimum absolute atomic E-state index is 0.733. The van der Waals surface area contributed by atoms with E-state index in [2.05, 4.69) is 15.3 Å². The average Bonchev–Trinajstić information content (AvgIpc) is 3.22. The van der Waals surface area contributed by atoms with Crippen molar-refractivity contribution < 1.29 is 0 Å². The summed E-state index contributed by atoms with van der Waals surface area (Å²) < 4.78 is 1.78. The number of anilines is 3. The summed E-state index contributed by atoms with van der Waals surface area (Å²) in [6.45, 7) is 3.99. The molecule has 1 N–H and O–H groups in total. The minimum Gasteiger partial charge on any atom is -0.341 e. The first-order chi connectivity index (χ1) is 11.6. The molecular weight excluding hydrogens is 324 g/mol. The molecule has 7 heteroatoms. The molecule has 0 unspecified atom stereocenters. The maximum absolute atomic E-state index is 6.24. The van der Waals surface area contributed by atoms with Crippen molar-refractivity contribution in [2.24, 2.45) is 7.05 Å². The van der Waals surface area contributed by atoms with Crippen LogP contribution in [0.4, 0.5) is 17.5 Å². The van der Waals surface area contributed by atoms with Gasteiger partial charge in [0.2, 0.25) is 5.95 Å². The third-order valence-electron chi connectivity index (χ3n) is 4.40. The Morgan fingerprint density at radius 1 is 1.17 bits per heavy atom. The number of hydrogen-bond donors (Lipinski definition) is 1. The first-order valence-corrected chi connectivity index (χ1v) is 8.47. The summed E-state index contributed by atoms with van der Waals surface area (Å²) in [6, 6.07) is 5.91. The van der Waals surface area contributed by atoms with Crippen LogP contribution in [0.5, 0.6) is 0 Å². The molecule has 1 aromatic carbocycles. The third-order valence-corrected chi connectivity index (χ3v) is 4.81. The van der Waals surface area contributed by atoms with Crippen molar-refractivity contribution in [3.05, 3.63) is 35.0 Å². The Kier molecular flexibility index (Phi) is 3.76. The van der Waals surface area contributed by atoms with Crippen LogP contribution in [0.3, 0.4) is 0 Å². The standard InChI is InChI=1S/C17H19ClN6/c1-11-5-6-12(9-14(11)18)20-15-13-10-19-23(2)16(13)22-17(21-15)24-7-3-4-8-24/h5-6,9-10H,3-4,7-8H2,1-2H3,(H,20,21,22). The molecule has 1 aliphatic rings. The number of halogens is 1. The Labute approximate surface area is 145 Å². The highest BCUT2D eigenvalue weighted by Gasteiger charge is 2.19. The molecule has 0 radical (unpaired) electrons. The summed E-state index contributed by atoms with van der Waals surface area (Å²) in [5.41, 5.74) is 2.78. The fourth-order valence-electron chi connectivity index (χ4n) is 2.97. The molecule has 1 saturated heterocycles. The topological polar surface area (TPSA) is 58.9 Å². The van der Waals surface area contributed by atoms with Gasteiger partial charge in [0.25, 0.3) is 0 Å². The van der Waals surface area contributed by atoms with E-state index >= 15 is 0 Å². The Hall–Kier alpha value is -2.34. The molecule has 4 rings (SSSR count). The zero-order valence-electron chi connectivity index (χ0n) is 13.8. The van der Waals surface area contributed by atoms with Crippen molar-refractivity contribution in [1.82, 2.24) is 19.7 Å². The molecule has 0 aliphatic carbocycles. The second kappa shape index (κ2) is 5.94. The minimum atomic E-state index is 0.733. The van der Waals surface area contributed by atoms with Crippen molar-refractivity contribution in [1.29, 1.82) is 0 Å². The number of aromatic nitrogens is 4. The summed E-state index contributed by atoms with van der Waals surface area (Å²) in [5, 5.41) is 9.34. The summed E-state index contributed by atoms with van der Waals surface area (Å²) in [5.74, 6) is 1.51. The maximum Gasteiger partial charge on any atom is 0.229 e. The van der Waals surface area contributed by atoms with Gasteiger partial charge in [-0.25, -0.2) is 0 Å². The maximum atomic E-state index is 6.24. The zero-order valence-corrected chi connectivity index (χ0v) is 14.5. The smallest absolute Gasteiger partial charge is 0.229 e. The lowest BCUT2D eigenvalue weighted by atomic mass is 10.2. The molecule has 0 atom stereocenters. The van der Waals surface area contributed by atoms with Crippen LogP contribution < -0.4 is 10.2 Å². The lowest BCUT2D eigenvalue weighted by molar-refractivity contribution is 0.782. The van der Waals surface area contributed by atoms with E-state index in [4.69, 9.17) is 21.6 Å². The van der Waals surface area contributed by atoms with Gasteiger partial charge in [0.15, 0.2) is 5.65 Å². The normalized spacial score (nSPS) is 14.5. The molecule has 3 heterocycles. The highest BCUT2D eigenvalue weighted by Crippen LogP contribution is 2.29. The molecule has 124 valence electrons. The van der Waals surface area contributed by atoms with E-state index in [9.17, 15) is 0 Å². The molecule has 0 saturated carbocycles. The van der Waals surface area contributed by atoms with E-state index in [1.54, 1.807) is 10.9 Å². The van der Waals surface area contributed by atoms with Crippen LogP contribution in [-0.4, -0.2) is 32.8 Å². The van der Waals surface area contributed by atoms with Gasteiger partial charge in [-0.15, -0.1) is 0 Å². The van der Waals surface area contributed by atoms with Crippen molar-refractivity contribution in [3.8, 4) is 0 Å². The second-order valence-corrected chi connectivity index (χ2v) is 6.57. The molecular formula is C17H19ClN6. The zero-order chi connectivity index (χ0) is 16.7. The lowest BCUT2D eigenvalue weighted by Gasteiger charge is -2.17. The van der Waals surface area contributed by atoms with E-state index in [1.807, 2.05) is 32.2 Å². The monoisotopic (exact) mass is 342 g/mol. The molecule has 1 aliphatic heterocycles. The van der Waals surface area contributed by atoms with Crippen LogP contribution in [0.2, 0.25) is 5.02 Å². The average molecular weight is 343 g/mol. The Morgan fingerprint density at radius 3 is 2.71 bits per heavy atom. The van der Waals surface area contributed by atoms with Crippen molar-refractivity contribution in [2.75, 3.05) is 23.3 Å². The summed E-state index contributed by atoms with van der Waals surface area (Å²) in [4.78, 5) is 11.7. The van der Waals surface area contributed by atoms with Gasteiger partial charge in [0.1, 0.15) is 5.82 Å². The van der Waals surface area contributed by atoms with E-state index in [1.165, 1.54) is 12.8 Å². The molecule has 0 amide bonds. The summed E-state index contributed by atoms with van der Waals surface area (Å²) in [7, 11) is 1.90. The number of aryl methyl sites for hydroxylation is 2. The molecule has 2 aromatic heterocycles. The van der Waals surface area contributed by atoms with Gasteiger partial charge in [-0.2, -0.15) is 15.1 Å². The van der Waals surface area contributed by atoms with Crippen LogP contribution >= 0.6 is 11.6 Å². The third kappa shape index (κ3) is 2.67. The quantitative estimate of drug-likeness (QED) is 0.787. The molecule has 0 spiro atoms. The fourth-order valence-corrected chi connectivity index (χ4v) is 3.15. The van der Waals surface area contributed by atoms with Crippen LogP contribution in [-0.2, 0) is 7.05 Å². The number of nitrogens with zero attached hydrogens (tertiary/aromatic N) is 5. The highest BCUT2D eigenvalue weighted by atomic mass is 35.5. The molecule has 3 aromatic rings. The summed E-state index contributed by atoms with van der Waals surface area (Å²) in [6.07, 6.45) is 4.16. The number of fused-ring (bicyclic) bond motifs is 1. The lowest BCUT2D eigenvalue weighted by Crippen LogP contribution is -2.21. The van der Waals surface area contributed by atoms with E-state index in [0.29, 0.717) is 0 Å². The van der Waals surface area contributed by atoms with E-state index in [-0.39, 0.29) is 0 Å². The van der Waals surface area contributed by atoms with Gasteiger partial charge < -0.3 is 10.2 Å². The first kappa shape index (κ1) is 15.2. The predicted molar refractivity (Wildman–Crippen MR) is 97.2 cm³/mol. The van der Waals surface area contributed by atoms with Crippen LogP contribution in [0.1, 0.15) is 18.4 Å². The second-order valence-electron chi connectivity index (χ2n) is 6.16. The van der Waals surface area contributed by atoms with E-state index in [0.717, 1.165) is 52.2 Å². The van der Waals surface area contributed by atoms with Gasteiger partial charge in [-0.05, 0) is 37.5 Å². The van der Waals surface area contributed by atoms with E-state index < -0.39 is 0 Å². The van der Waals surface area contributed by atoms with Crippen LogP contribution in [0.15, 0.2) is 24.4 Å². The number of hydrogen-bond acceptors (Lipinski definition) is 5. The predicted octanol–water partition coefficient (Wildman–Crippen LogP) is 3.67. The Balaban J connectivity index is 1.78. The van der Waals surface area contributed by atoms with Gasteiger partial charge in [-0.1, -0.05) is 17.7 Å². The molecule has 24 heavy (non-hydrogen) atoms. The van der Waals surface area contributed by atoms with Gasteiger partial charge >= 0.3 is 0 Å². The SMILES string of the molecule is Cc1ccc(Nc2nc(N3CCCC3)nc3c2cnn3C)cc1Cl. The molecule has 6 nitrogen and oxygen atoms in total. The molecule has 1 fully saturated rings. The van der Waals surface area contributed by atoms with Gasteiger partial charge in [0.05, 0.1) is 11.6 Å². The number of nitrogens with one attached hydrogen (secondary N) is 1. The summed E-state index contributed by atoms with van der Waals surface area (Å²) >= 11 is 6.24. The highest BCUT2D eigenvalue weighted by molar-refractivity contribution is 6.31. The van der Waals surface area contributed by atoms with Gasteiger partial charge in [-0.3, -0.25) is 4.68 Å². The Bertz CT molecular complexity index is 897. The van der Waals surface area contributed by atoms with Crippen molar-refractivity contribution >= 4 is 40.1 Å².